The van der Waals surface area contributed by atoms with Crippen LogP contribution < -0.4 is 10.1 Å². The summed E-state index contributed by atoms with van der Waals surface area (Å²) in [5.74, 6) is 0.559. The van der Waals surface area contributed by atoms with Crippen molar-refractivity contribution in [1.29, 1.82) is 0 Å². The molecule has 3 heterocycles. The van der Waals surface area contributed by atoms with Crippen molar-refractivity contribution in [2.75, 3.05) is 13.1 Å². The Hall–Kier alpha value is -3.78. The lowest BCUT2D eigenvalue weighted by molar-refractivity contribution is -0.122. The third-order valence-corrected chi connectivity index (χ3v) is 5.75. The monoisotopic (exact) mass is 463 g/mol. The Balaban J connectivity index is 0.000000868. The van der Waals surface area contributed by atoms with Crippen molar-refractivity contribution in [1.82, 2.24) is 15.3 Å². The maximum atomic E-state index is 14.8. The van der Waals surface area contributed by atoms with E-state index >= 15 is 0 Å². The lowest BCUT2D eigenvalue weighted by Crippen LogP contribution is -2.37. The lowest BCUT2D eigenvalue weighted by atomic mass is 9.98. The molecule has 1 saturated heterocycles. The Labute approximate surface area is 196 Å². The summed E-state index contributed by atoms with van der Waals surface area (Å²) >= 11 is 0. The van der Waals surface area contributed by atoms with E-state index in [1.165, 1.54) is 18.0 Å². The predicted octanol–water partition coefficient (Wildman–Crippen LogP) is 5.09. The van der Waals surface area contributed by atoms with E-state index < -0.39 is 0 Å². The first kappa shape index (κ1) is 23.4. The number of carboxylic acid groups (broad SMARTS) is 1. The Bertz CT molecular complexity index is 1250. The molecule has 2 aromatic heterocycles. The van der Waals surface area contributed by atoms with Gasteiger partial charge in [0.05, 0.1) is 5.56 Å². The molecule has 2 N–H and O–H groups in total. The van der Waals surface area contributed by atoms with Gasteiger partial charge in [0.15, 0.2) is 0 Å². The maximum absolute atomic E-state index is 14.8. The fourth-order valence-electron chi connectivity index (χ4n) is 4.09. The molecule has 1 fully saturated rings. The molecule has 7 nitrogen and oxygen atoms in total. The van der Waals surface area contributed by atoms with E-state index in [0.29, 0.717) is 28.3 Å². The van der Waals surface area contributed by atoms with Gasteiger partial charge >= 0.3 is 0 Å². The molecule has 1 aliphatic heterocycles. The lowest BCUT2D eigenvalue weighted by Gasteiger charge is -2.23. The zero-order valence-electron chi connectivity index (χ0n) is 18.8. The average molecular weight is 464 g/mol. The van der Waals surface area contributed by atoms with Crippen molar-refractivity contribution >= 4 is 17.6 Å². The number of halogens is 1. The van der Waals surface area contributed by atoms with Crippen molar-refractivity contribution in [3.63, 3.8) is 0 Å². The van der Waals surface area contributed by atoms with Gasteiger partial charge in [0.25, 0.3) is 6.47 Å². The van der Waals surface area contributed by atoms with Crippen LogP contribution in [0.3, 0.4) is 0 Å². The highest BCUT2D eigenvalue weighted by Gasteiger charge is 2.26. The molecule has 4 aromatic rings. The molecular formula is C26H26FN3O4. The molecule has 0 unspecified atom stereocenters. The number of aromatic nitrogens is 2. The number of furan rings is 1. The second kappa shape index (κ2) is 10.9. The van der Waals surface area contributed by atoms with E-state index in [9.17, 15) is 4.39 Å². The van der Waals surface area contributed by atoms with Gasteiger partial charge in [-0.3, -0.25) is 4.79 Å². The molecule has 0 bridgehead atoms. The van der Waals surface area contributed by atoms with Crippen LogP contribution in [0.4, 0.5) is 4.39 Å². The quantitative estimate of drug-likeness (QED) is 0.398. The molecule has 34 heavy (non-hydrogen) atoms. The van der Waals surface area contributed by atoms with Gasteiger partial charge in [-0.25, -0.2) is 14.4 Å². The first-order chi connectivity index (χ1) is 16.7. The number of rotatable bonds is 5. The summed E-state index contributed by atoms with van der Waals surface area (Å²) in [6, 6.07) is 14.8. The number of fused-ring (bicyclic) bond motifs is 1. The fraction of sp³-hybridized carbons (Fsp3) is 0.269. The number of aryl methyl sites for hydroxylation is 1. The zero-order valence-corrected chi connectivity index (χ0v) is 18.8. The largest absolute Gasteiger partial charge is 0.483 e. The number of carbonyl (C=O) groups is 1. The van der Waals surface area contributed by atoms with Gasteiger partial charge in [0, 0.05) is 12.1 Å². The summed E-state index contributed by atoms with van der Waals surface area (Å²) < 4.78 is 27.2. The standard InChI is InChI=1S/C25H24FN3O2.CH2O2/c1-2-16-9-11-17(12-10-16)21-22-24(30-18-6-5-13-27-14-18)28-15-29-25(22)31-23(21)19-7-3-4-8-20(19)26;2-1-3/h3-4,7-12,15,18,27H,2,5-6,13-14H2,1H3;1H,(H,2,3)/t18-;/m1./s1. The van der Waals surface area contributed by atoms with Crippen LogP contribution in [0.25, 0.3) is 33.6 Å². The van der Waals surface area contributed by atoms with E-state index in [1.807, 2.05) is 12.1 Å². The van der Waals surface area contributed by atoms with E-state index in [1.54, 1.807) is 18.2 Å². The molecule has 1 aliphatic rings. The topological polar surface area (TPSA) is 97.5 Å². The van der Waals surface area contributed by atoms with Gasteiger partial charge in [-0.2, -0.15) is 0 Å². The number of piperidine rings is 1. The van der Waals surface area contributed by atoms with Crippen LogP contribution in [0, 0.1) is 5.82 Å². The van der Waals surface area contributed by atoms with Crippen LogP contribution in [0.2, 0.25) is 0 Å². The highest BCUT2D eigenvalue weighted by Crippen LogP contribution is 2.44. The molecule has 2 aromatic carbocycles. The minimum absolute atomic E-state index is 0.0222. The van der Waals surface area contributed by atoms with Crippen molar-refractivity contribution in [2.24, 2.45) is 0 Å². The van der Waals surface area contributed by atoms with Gasteiger partial charge < -0.3 is 19.6 Å². The number of benzene rings is 2. The van der Waals surface area contributed by atoms with Crippen LogP contribution >= 0.6 is 0 Å². The molecular weight excluding hydrogens is 437 g/mol. The molecule has 176 valence electrons. The summed E-state index contributed by atoms with van der Waals surface area (Å²) in [6.45, 7) is 3.63. The van der Waals surface area contributed by atoms with Crippen LogP contribution in [0.1, 0.15) is 25.3 Å². The van der Waals surface area contributed by atoms with E-state index in [0.717, 1.165) is 43.5 Å². The third-order valence-electron chi connectivity index (χ3n) is 5.75. The number of hydrogen-bond donors (Lipinski definition) is 2. The van der Waals surface area contributed by atoms with Crippen LogP contribution in [0.5, 0.6) is 5.88 Å². The summed E-state index contributed by atoms with van der Waals surface area (Å²) in [6.07, 6.45) is 4.41. The van der Waals surface area contributed by atoms with Crippen LogP contribution in [-0.4, -0.2) is 40.7 Å². The maximum Gasteiger partial charge on any atom is 0.290 e. The van der Waals surface area contributed by atoms with Crippen LogP contribution in [0.15, 0.2) is 59.3 Å². The Morgan fingerprint density at radius 3 is 2.65 bits per heavy atom. The van der Waals surface area contributed by atoms with Gasteiger partial charge in [-0.15, -0.1) is 0 Å². The second-order valence-corrected chi connectivity index (χ2v) is 7.89. The number of ether oxygens (including phenoxy) is 1. The van der Waals surface area contributed by atoms with Gasteiger partial charge in [-0.05, 0) is 49.1 Å². The van der Waals surface area contributed by atoms with Gasteiger partial charge in [0.1, 0.15) is 29.4 Å². The van der Waals surface area contributed by atoms with Gasteiger partial charge in [-0.1, -0.05) is 43.3 Å². The van der Waals surface area contributed by atoms with Crippen molar-refractivity contribution in [3.05, 3.63) is 66.2 Å². The normalized spacial score (nSPS) is 15.4. The SMILES string of the molecule is CCc1ccc(-c2c(-c3ccccc3F)oc3ncnc(O[C@@H]4CCCNC4)c23)cc1.O=CO. The molecule has 0 amide bonds. The van der Waals surface area contributed by atoms with E-state index in [2.05, 4.69) is 34.3 Å². The van der Waals surface area contributed by atoms with E-state index in [-0.39, 0.29) is 18.4 Å². The smallest absolute Gasteiger partial charge is 0.290 e. The molecule has 0 spiro atoms. The molecule has 8 heteroatoms. The Morgan fingerprint density at radius 1 is 1.21 bits per heavy atom. The molecule has 0 saturated carbocycles. The molecule has 0 radical (unpaired) electrons. The minimum Gasteiger partial charge on any atom is -0.483 e. The highest BCUT2D eigenvalue weighted by molar-refractivity contribution is 6.03. The molecule has 1 atom stereocenters. The highest BCUT2D eigenvalue weighted by atomic mass is 19.1. The first-order valence-electron chi connectivity index (χ1n) is 11.2. The summed E-state index contributed by atoms with van der Waals surface area (Å²) in [7, 11) is 0. The summed E-state index contributed by atoms with van der Waals surface area (Å²) in [5.41, 5.74) is 3.67. The van der Waals surface area contributed by atoms with Gasteiger partial charge in [0.2, 0.25) is 11.6 Å². The van der Waals surface area contributed by atoms with Crippen LogP contribution in [-0.2, 0) is 11.2 Å². The predicted molar refractivity (Wildman–Crippen MR) is 127 cm³/mol. The first-order valence-corrected chi connectivity index (χ1v) is 11.2. The zero-order chi connectivity index (χ0) is 23.9. The molecule has 0 aliphatic carbocycles. The third kappa shape index (κ3) is 4.92. The number of nitrogens with one attached hydrogen (secondary N) is 1. The van der Waals surface area contributed by atoms with Crippen molar-refractivity contribution in [2.45, 2.75) is 32.3 Å². The minimum atomic E-state index is -0.347. The van der Waals surface area contributed by atoms with Crippen molar-refractivity contribution in [3.8, 4) is 28.3 Å². The van der Waals surface area contributed by atoms with E-state index in [4.69, 9.17) is 19.1 Å². The van der Waals surface area contributed by atoms with Crippen molar-refractivity contribution < 1.29 is 23.4 Å². The summed E-state index contributed by atoms with van der Waals surface area (Å²) in [5, 5.41) is 10.9. The number of nitrogens with zero attached hydrogens (tertiary/aromatic N) is 2. The average Bonchev–Trinajstić information content (AvgIpc) is 3.26. The number of hydrogen-bond acceptors (Lipinski definition) is 6. The summed E-state index contributed by atoms with van der Waals surface area (Å²) in [4.78, 5) is 17.1. The molecule has 5 rings (SSSR count). The second-order valence-electron chi connectivity index (χ2n) is 7.89. The Kier molecular flexibility index (Phi) is 7.49. The Morgan fingerprint density at radius 2 is 1.97 bits per heavy atom. The fourth-order valence-corrected chi connectivity index (χ4v) is 4.09.